The highest BCUT2D eigenvalue weighted by Gasteiger charge is 2.21. The van der Waals surface area contributed by atoms with Crippen molar-refractivity contribution >= 4 is 27.9 Å². The zero-order chi connectivity index (χ0) is 23.3. The number of fused-ring (bicyclic) bond motifs is 2. The van der Waals surface area contributed by atoms with E-state index in [1.807, 2.05) is 54.9 Å². The van der Waals surface area contributed by atoms with E-state index in [2.05, 4.69) is 29.8 Å². The number of nitrogens with zero attached hydrogens (tertiary/aromatic N) is 3. The van der Waals surface area contributed by atoms with Crippen LogP contribution in [0, 0.1) is 6.92 Å². The molecule has 0 saturated heterocycles. The van der Waals surface area contributed by atoms with Crippen LogP contribution >= 0.6 is 0 Å². The van der Waals surface area contributed by atoms with Crippen LogP contribution in [0.25, 0.3) is 21.9 Å². The predicted molar refractivity (Wildman–Crippen MR) is 130 cm³/mol. The standard InChI is InChI=1S/C27H25N3O3/c1-17-8-6-13-24-25(17)21(15-28(24)3)16-29-22-11-4-5-12-23(22)30(27(29)33)18(2)19-9-7-10-20(14-19)26(31)32/h4-15,18H,16H2,1-3H3,(H,31,32). The molecule has 166 valence electrons. The molecule has 6 nitrogen and oxygen atoms in total. The van der Waals surface area contributed by atoms with Crippen molar-refractivity contribution in [3.63, 3.8) is 0 Å². The van der Waals surface area contributed by atoms with E-state index in [1.54, 1.807) is 22.8 Å². The molecule has 0 amide bonds. The van der Waals surface area contributed by atoms with E-state index in [0.717, 1.165) is 27.7 Å². The van der Waals surface area contributed by atoms with Crippen molar-refractivity contribution in [1.82, 2.24) is 13.7 Å². The molecule has 1 unspecified atom stereocenters. The van der Waals surface area contributed by atoms with E-state index in [0.29, 0.717) is 6.54 Å². The zero-order valence-electron chi connectivity index (χ0n) is 18.8. The lowest BCUT2D eigenvalue weighted by atomic mass is 10.0. The number of carboxylic acid groups (broad SMARTS) is 1. The fourth-order valence-electron chi connectivity index (χ4n) is 4.86. The maximum Gasteiger partial charge on any atom is 0.335 e. The van der Waals surface area contributed by atoms with Crippen LogP contribution in [0.3, 0.4) is 0 Å². The number of aromatic nitrogens is 3. The Morgan fingerprint density at radius 1 is 0.970 bits per heavy atom. The SMILES string of the molecule is Cc1cccc2c1c(Cn1c(=O)n(C(C)c3cccc(C(=O)O)c3)c3ccccc31)cn2C. The van der Waals surface area contributed by atoms with Crippen LogP contribution in [0.15, 0.2) is 77.7 Å². The molecular formula is C27H25N3O3. The molecule has 33 heavy (non-hydrogen) atoms. The first-order valence-corrected chi connectivity index (χ1v) is 10.9. The minimum Gasteiger partial charge on any atom is -0.478 e. The number of benzene rings is 3. The molecule has 2 aromatic heterocycles. The van der Waals surface area contributed by atoms with Gasteiger partial charge < -0.3 is 9.67 Å². The number of aryl methyl sites for hydroxylation is 2. The molecule has 0 saturated carbocycles. The van der Waals surface area contributed by atoms with E-state index < -0.39 is 5.97 Å². The molecule has 0 aliphatic carbocycles. The first-order chi connectivity index (χ1) is 15.9. The van der Waals surface area contributed by atoms with Crippen LogP contribution in [0.1, 0.15) is 40.0 Å². The highest BCUT2D eigenvalue weighted by Crippen LogP contribution is 2.27. The summed E-state index contributed by atoms with van der Waals surface area (Å²) in [5, 5.41) is 10.6. The zero-order valence-corrected chi connectivity index (χ0v) is 18.8. The van der Waals surface area contributed by atoms with Gasteiger partial charge in [-0.1, -0.05) is 36.4 Å². The summed E-state index contributed by atoms with van der Waals surface area (Å²) in [6.45, 7) is 4.48. The van der Waals surface area contributed by atoms with Gasteiger partial charge in [-0.15, -0.1) is 0 Å². The number of hydrogen-bond donors (Lipinski definition) is 1. The Labute approximate surface area is 190 Å². The Balaban J connectivity index is 1.68. The molecule has 3 aromatic carbocycles. The Kier molecular flexibility index (Phi) is 4.93. The molecule has 2 heterocycles. The second kappa shape index (κ2) is 7.81. The molecule has 6 heteroatoms. The topological polar surface area (TPSA) is 69.2 Å². The van der Waals surface area contributed by atoms with Crippen LogP contribution in [0.2, 0.25) is 0 Å². The maximum absolute atomic E-state index is 13.8. The molecule has 0 bridgehead atoms. The first-order valence-electron chi connectivity index (χ1n) is 10.9. The summed E-state index contributed by atoms with van der Waals surface area (Å²) in [4.78, 5) is 25.2. The summed E-state index contributed by atoms with van der Waals surface area (Å²) in [5.74, 6) is -0.981. The summed E-state index contributed by atoms with van der Waals surface area (Å²) in [5.41, 5.74) is 5.97. The number of para-hydroxylation sites is 2. The average molecular weight is 440 g/mol. The molecule has 1 atom stereocenters. The van der Waals surface area contributed by atoms with E-state index in [9.17, 15) is 14.7 Å². The van der Waals surface area contributed by atoms with Gasteiger partial charge in [0, 0.05) is 24.1 Å². The van der Waals surface area contributed by atoms with E-state index in [-0.39, 0.29) is 17.3 Å². The quantitative estimate of drug-likeness (QED) is 0.421. The van der Waals surface area contributed by atoms with Gasteiger partial charge in [-0.25, -0.2) is 9.59 Å². The summed E-state index contributed by atoms with van der Waals surface area (Å²) in [7, 11) is 2.02. The number of rotatable bonds is 5. The van der Waals surface area contributed by atoms with Gasteiger partial charge in [-0.05, 0) is 60.9 Å². The maximum atomic E-state index is 13.8. The van der Waals surface area contributed by atoms with E-state index in [4.69, 9.17) is 0 Å². The minimum absolute atomic E-state index is 0.116. The van der Waals surface area contributed by atoms with Gasteiger partial charge >= 0.3 is 11.7 Å². The lowest BCUT2D eigenvalue weighted by molar-refractivity contribution is 0.0696. The monoisotopic (exact) mass is 439 g/mol. The predicted octanol–water partition coefficient (Wildman–Crippen LogP) is 4.96. The molecule has 0 aliphatic heterocycles. The molecule has 5 aromatic rings. The fourth-order valence-corrected chi connectivity index (χ4v) is 4.86. The first kappa shape index (κ1) is 20.8. The van der Waals surface area contributed by atoms with Crippen molar-refractivity contribution in [3.8, 4) is 0 Å². The van der Waals surface area contributed by atoms with Gasteiger partial charge in [-0.2, -0.15) is 0 Å². The van der Waals surface area contributed by atoms with Crippen LogP contribution in [-0.4, -0.2) is 24.8 Å². The number of carboxylic acids is 1. The van der Waals surface area contributed by atoms with Crippen molar-refractivity contribution in [2.24, 2.45) is 7.05 Å². The second-order valence-corrected chi connectivity index (χ2v) is 8.57. The Morgan fingerprint density at radius 2 is 1.67 bits per heavy atom. The van der Waals surface area contributed by atoms with Crippen molar-refractivity contribution in [1.29, 1.82) is 0 Å². The smallest absolute Gasteiger partial charge is 0.335 e. The molecule has 0 radical (unpaired) electrons. The van der Waals surface area contributed by atoms with Crippen molar-refractivity contribution in [2.45, 2.75) is 26.4 Å². The number of hydrogen-bond acceptors (Lipinski definition) is 2. The fraction of sp³-hybridized carbons (Fsp3) is 0.185. The highest BCUT2D eigenvalue weighted by atomic mass is 16.4. The number of imidazole rings is 1. The molecule has 1 N–H and O–H groups in total. The van der Waals surface area contributed by atoms with Crippen LogP contribution in [-0.2, 0) is 13.6 Å². The molecular weight excluding hydrogens is 414 g/mol. The normalized spacial score (nSPS) is 12.5. The van der Waals surface area contributed by atoms with Gasteiger partial charge in [0.25, 0.3) is 0 Å². The van der Waals surface area contributed by atoms with Crippen LogP contribution < -0.4 is 5.69 Å². The number of carbonyl (C=O) groups is 1. The van der Waals surface area contributed by atoms with Crippen molar-refractivity contribution < 1.29 is 9.90 Å². The average Bonchev–Trinajstić information content (AvgIpc) is 3.28. The van der Waals surface area contributed by atoms with Gasteiger partial charge in [0.15, 0.2) is 0 Å². The minimum atomic E-state index is -0.981. The van der Waals surface area contributed by atoms with E-state index in [1.165, 1.54) is 10.9 Å². The third-order valence-corrected chi connectivity index (χ3v) is 6.50. The van der Waals surface area contributed by atoms with Gasteiger partial charge in [-0.3, -0.25) is 9.13 Å². The largest absolute Gasteiger partial charge is 0.478 e. The Morgan fingerprint density at radius 3 is 2.42 bits per heavy atom. The van der Waals surface area contributed by atoms with Gasteiger partial charge in [0.05, 0.1) is 29.2 Å². The highest BCUT2D eigenvalue weighted by molar-refractivity contribution is 5.88. The molecule has 0 spiro atoms. The van der Waals surface area contributed by atoms with Gasteiger partial charge in [0.2, 0.25) is 0 Å². The Bertz CT molecular complexity index is 1590. The molecule has 0 aliphatic rings. The summed E-state index contributed by atoms with van der Waals surface area (Å²) < 4.78 is 5.67. The summed E-state index contributed by atoms with van der Waals surface area (Å²) in [6.07, 6.45) is 2.09. The van der Waals surface area contributed by atoms with Crippen molar-refractivity contribution in [3.05, 3.63) is 106 Å². The summed E-state index contributed by atoms with van der Waals surface area (Å²) >= 11 is 0. The summed E-state index contributed by atoms with van der Waals surface area (Å²) in [6, 6.07) is 20.5. The number of aromatic carboxylic acids is 1. The van der Waals surface area contributed by atoms with Crippen molar-refractivity contribution in [2.75, 3.05) is 0 Å². The van der Waals surface area contributed by atoms with Crippen LogP contribution in [0.5, 0.6) is 0 Å². The van der Waals surface area contributed by atoms with Crippen LogP contribution in [0.4, 0.5) is 0 Å². The molecule has 0 fully saturated rings. The lowest BCUT2D eigenvalue weighted by Gasteiger charge is -2.14. The molecule has 5 rings (SSSR count). The van der Waals surface area contributed by atoms with Gasteiger partial charge in [0.1, 0.15) is 0 Å². The second-order valence-electron chi connectivity index (χ2n) is 8.57. The third-order valence-electron chi connectivity index (χ3n) is 6.50. The third kappa shape index (κ3) is 3.35. The van der Waals surface area contributed by atoms with E-state index >= 15 is 0 Å². The Hall–Kier alpha value is -4.06. The lowest BCUT2D eigenvalue weighted by Crippen LogP contribution is -2.27.